The van der Waals surface area contributed by atoms with Gasteiger partial charge in [0.15, 0.2) is 0 Å². The zero-order chi connectivity index (χ0) is 15.6. The summed E-state index contributed by atoms with van der Waals surface area (Å²) in [4.78, 5) is 9.61. The van der Waals surface area contributed by atoms with Gasteiger partial charge in [0.05, 0.1) is 15.1 Å². The lowest BCUT2D eigenvalue weighted by Gasteiger charge is -2.09. The van der Waals surface area contributed by atoms with Crippen molar-refractivity contribution in [2.45, 2.75) is 4.90 Å². The van der Waals surface area contributed by atoms with Crippen LogP contribution in [0.3, 0.4) is 0 Å². The average Bonchev–Trinajstić information content (AvgIpc) is 2.40. The molecule has 0 aliphatic heterocycles. The Hall–Kier alpha value is -2.00. The van der Waals surface area contributed by atoms with E-state index >= 15 is 0 Å². The molecule has 0 unspecified atom stereocenters. The highest BCUT2D eigenvalue weighted by Gasteiger charge is 2.20. The summed E-state index contributed by atoms with van der Waals surface area (Å²) in [6.45, 7) is 0. The van der Waals surface area contributed by atoms with Crippen LogP contribution in [0, 0.1) is 15.9 Å². The SMILES string of the molecule is O=[N+]([O-])c1cc(NS(=O)(=O)c2ccccc2F)ccc1Br. The van der Waals surface area contributed by atoms with Crippen LogP contribution in [0.4, 0.5) is 15.8 Å². The van der Waals surface area contributed by atoms with E-state index in [4.69, 9.17) is 0 Å². The molecule has 0 aliphatic carbocycles. The summed E-state index contributed by atoms with van der Waals surface area (Å²) in [7, 11) is -4.16. The van der Waals surface area contributed by atoms with Gasteiger partial charge in [-0.1, -0.05) is 12.1 Å². The third kappa shape index (κ3) is 3.37. The van der Waals surface area contributed by atoms with Crippen molar-refractivity contribution in [1.82, 2.24) is 0 Å². The molecular formula is C12H8BrFN2O4S. The average molecular weight is 375 g/mol. The van der Waals surface area contributed by atoms with Crippen LogP contribution in [-0.2, 0) is 10.0 Å². The summed E-state index contributed by atoms with van der Waals surface area (Å²) in [6, 6.07) is 8.55. The van der Waals surface area contributed by atoms with Gasteiger partial charge in [-0.15, -0.1) is 0 Å². The standard InChI is InChI=1S/C12H8BrFN2O4S/c13-9-6-5-8(7-11(9)16(17)18)15-21(19,20)12-4-2-1-3-10(12)14/h1-7,15H. The van der Waals surface area contributed by atoms with Crippen LogP contribution in [0.5, 0.6) is 0 Å². The molecule has 2 rings (SSSR count). The number of nitrogens with zero attached hydrogens (tertiary/aromatic N) is 1. The van der Waals surface area contributed by atoms with Gasteiger partial charge in [0, 0.05) is 6.07 Å². The number of hydrogen-bond acceptors (Lipinski definition) is 4. The van der Waals surface area contributed by atoms with Gasteiger partial charge in [0.25, 0.3) is 15.7 Å². The van der Waals surface area contributed by atoms with Crippen molar-refractivity contribution in [3.05, 3.63) is 62.9 Å². The van der Waals surface area contributed by atoms with E-state index in [9.17, 15) is 22.9 Å². The van der Waals surface area contributed by atoms with Crippen molar-refractivity contribution >= 4 is 37.3 Å². The molecule has 0 amide bonds. The van der Waals surface area contributed by atoms with Crippen molar-refractivity contribution in [3.8, 4) is 0 Å². The minimum atomic E-state index is -4.16. The minimum Gasteiger partial charge on any atom is -0.279 e. The van der Waals surface area contributed by atoms with Gasteiger partial charge >= 0.3 is 0 Å². The van der Waals surface area contributed by atoms with Gasteiger partial charge < -0.3 is 0 Å². The number of benzene rings is 2. The van der Waals surface area contributed by atoms with Gasteiger partial charge in [-0.25, -0.2) is 12.8 Å². The largest absolute Gasteiger partial charge is 0.285 e. The molecule has 6 nitrogen and oxygen atoms in total. The predicted octanol–water partition coefficient (Wildman–Crippen LogP) is 3.30. The summed E-state index contributed by atoms with van der Waals surface area (Å²) in [5.74, 6) is -0.906. The van der Waals surface area contributed by atoms with Crippen LogP contribution in [0.1, 0.15) is 0 Å². The van der Waals surface area contributed by atoms with Crippen molar-refractivity contribution in [3.63, 3.8) is 0 Å². The van der Waals surface area contributed by atoms with E-state index in [2.05, 4.69) is 20.7 Å². The summed E-state index contributed by atoms with van der Waals surface area (Å²) < 4.78 is 40.0. The first-order chi connectivity index (χ1) is 9.81. The molecule has 2 aromatic rings. The number of halogens is 2. The van der Waals surface area contributed by atoms with Crippen molar-refractivity contribution < 1.29 is 17.7 Å². The van der Waals surface area contributed by atoms with E-state index in [1.165, 1.54) is 24.3 Å². The number of nitro benzene ring substituents is 1. The third-order valence-corrected chi connectivity index (χ3v) is 4.61. The highest BCUT2D eigenvalue weighted by Crippen LogP contribution is 2.29. The van der Waals surface area contributed by atoms with Crippen molar-refractivity contribution in [2.24, 2.45) is 0 Å². The fourth-order valence-electron chi connectivity index (χ4n) is 1.59. The number of rotatable bonds is 4. The van der Waals surface area contributed by atoms with Gasteiger partial charge in [-0.3, -0.25) is 14.8 Å². The van der Waals surface area contributed by atoms with Gasteiger partial charge in [0.2, 0.25) is 0 Å². The third-order valence-electron chi connectivity index (χ3n) is 2.52. The van der Waals surface area contributed by atoms with Crippen molar-refractivity contribution in [2.75, 3.05) is 4.72 Å². The minimum absolute atomic E-state index is 0.0341. The Balaban J connectivity index is 2.40. The monoisotopic (exact) mass is 374 g/mol. The molecule has 0 bridgehead atoms. The fourth-order valence-corrected chi connectivity index (χ4v) is 3.11. The molecule has 1 N–H and O–H groups in total. The number of sulfonamides is 1. The number of nitro groups is 1. The van der Waals surface area contributed by atoms with E-state index in [1.807, 2.05) is 0 Å². The van der Waals surface area contributed by atoms with Crippen LogP contribution in [0.25, 0.3) is 0 Å². The van der Waals surface area contributed by atoms with E-state index in [1.54, 1.807) is 0 Å². The van der Waals surface area contributed by atoms with E-state index in [-0.39, 0.29) is 15.8 Å². The lowest BCUT2D eigenvalue weighted by Crippen LogP contribution is -2.14. The fraction of sp³-hybridized carbons (Fsp3) is 0. The Morgan fingerprint density at radius 2 is 1.86 bits per heavy atom. The topological polar surface area (TPSA) is 89.3 Å². The Morgan fingerprint density at radius 1 is 1.19 bits per heavy atom. The van der Waals surface area contributed by atoms with Gasteiger partial charge in [0.1, 0.15) is 10.7 Å². The smallest absolute Gasteiger partial charge is 0.279 e. The molecule has 0 atom stereocenters. The molecule has 21 heavy (non-hydrogen) atoms. The quantitative estimate of drug-likeness (QED) is 0.656. The van der Waals surface area contributed by atoms with Gasteiger partial charge in [-0.2, -0.15) is 0 Å². The van der Waals surface area contributed by atoms with Crippen molar-refractivity contribution in [1.29, 1.82) is 0 Å². The predicted molar refractivity (Wildman–Crippen MR) is 78.0 cm³/mol. The molecule has 0 spiro atoms. The molecule has 9 heteroatoms. The molecular weight excluding hydrogens is 367 g/mol. The van der Waals surface area contributed by atoms with E-state index < -0.39 is 25.7 Å². The Kier molecular flexibility index (Phi) is 4.24. The van der Waals surface area contributed by atoms with Crippen LogP contribution < -0.4 is 4.72 Å². The molecule has 0 aliphatic rings. The maximum atomic E-state index is 13.5. The number of anilines is 1. The molecule has 0 radical (unpaired) electrons. The first kappa shape index (κ1) is 15.4. The van der Waals surface area contributed by atoms with Crippen LogP contribution in [0.15, 0.2) is 51.8 Å². The van der Waals surface area contributed by atoms with Crippen LogP contribution in [0.2, 0.25) is 0 Å². The first-order valence-corrected chi connectivity index (χ1v) is 7.80. The van der Waals surface area contributed by atoms with Crippen LogP contribution >= 0.6 is 15.9 Å². The highest BCUT2D eigenvalue weighted by molar-refractivity contribution is 9.10. The second kappa shape index (κ2) is 5.78. The summed E-state index contributed by atoms with van der Waals surface area (Å²) >= 11 is 2.99. The highest BCUT2D eigenvalue weighted by atomic mass is 79.9. The first-order valence-electron chi connectivity index (χ1n) is 5.52. The molecule has 0 saturated heterocycles. The lowest BCUT2D eigenvalue weighted by molar-refractivity contribution is -0.385. The molecule has 0 fully saturated rings. The molecule has 2 aromatic carbocycles. The maximum absolute atomic E-state index is 13.5. The zero-order valence-electron chi connectivity index (χ0n) is 10.3. The Morgan fingerprint density at radius 3 is 2.48 bits per heavy atom. The zero-order valence-corrected chi connectivity index (χ0v) is 12.7. The normalized spacial score (nSPS) is 11.1. The Bertz CT molecular complexity index is 811. The molecule has 110 valence electrons. The summed E-state index contributed by atoms with van der Waals surface area (Å²) in [5, 5.41) is 10.8. The lowest BCUT2D eigenvalue weighted by atomic mass is 10.3. The summed E-state index contributed by atoms with van der Waals surface area (Å²) in [5.41, 5.74) is -0.336. The second-order valence-electron chi connectivity index (χ2n) is 3.96. The van der Waals surface area contributed by atoms with Crippen LogP contribution in [-0.4, -0.2) is 13.3 Å². The van der Waals surface area contributed by atoms with E-state index in [0.717, 1.165) is 18.2 Å². The maximum Gasteiger partial charge on any atom is 0.285 e. The number of hydrogen-bond donors (Lipinski definition) is 1. The Labute approximate surface area is 127 Å². The molecule has 0 heterocycles. The summed E-state index contributed by atoms with van der Waals surface area (Å²) in [6.07, 6.45) is 0. The second-order valence-corrected chi connectivity index (χ2v) is 6.46. The number of nitrogens with one attached hydrogen (secondary N) is 1. The molecule has 0 saturated carbocycles. The van der Waals surface area contributed by atoms with Gasteiger partial charge in [-0.05, 0) is 40.2 Å². The van der Waals surface area contributed by atoms with E-state index in [0.29, 0.717) is 0 Å². The molecule has 0 aromatic heterocycles.